The number of aromatic nitrogens is 4. The van der Waals surface area contributed by atoms with Gasteiger partial charge in [0.05, 0.1) is 17.3 Å². The van der Waals surface area contributed by atoms with Gasteiger partial charge in [-0.05, 0) is 54.5 Å². The van der Waals surface area contributed by atoms with E-state index in [1.54, 1.807) is 12.4 Å². The standard InChI is InChI=1S/C22H21N5O/c23-22-24-12-16-13-25-27(21(16)26-22)19-10-11-20(18-9-5-4-8-17(18)19)28-14-15-6-2-1-3-7-15/h1-3,6-7,10-13H,4-5,8-9,14H2,(H2,23,24,26). The van der Waals surface area contributed by atoms with Crippen molar-refractivity contribution >= 4 is 17.0 Å². The first kappa shape index (κ1) is 16.7. The molecule has 2 aromatic carbocycles. The van der Waals surface area contributed by atoms with E-state index in [4.69, 9.17) is 10.5 Å². The number of rotatable bonds is 4. The third-order valence-corrected chi connectivity index (χ3v) is 5.26. The second kappa shape index (κ2) is 6.96. The first-order valence-corrected chi connectivity index (χ1v) is 9.58. The normalized spacial score (nSPS) is 13.4. The summed E-state index contributed by atoms with van der Waals surface area (Å²) in [6.45, 7) is 0.571. The quantitative estimate of drug-likeness (QED) is 0.589. The van der Waals surface area contributed by atoms with Crippen LogP contribution in [0.4, 0.5) is 5.95 Å². The van der Waals surface area contributed by atoms with E-state index in [1.807, 2.05) is 22.9 Å². The Morgan fingerprint density at radius 3 is 2.64 bits per heavy atom. The molecule has 0 atom stereocenters. The number of anilines is 1. The minimum atomic E-state index is 0.255. The molecular weight excluding hydrogens is 350 g/mol. The van der Waals surface area contributed by atoms with Crippen molar-refractivity contribution in [2.24, 2.45) is 0 Å². The number of nitrogens with two attached hydrogens (primary N) is 1. The van der Waals surface area contributed by atoms with E-state index >= 15 is 0 Å². The van der Waals surface area contributed by atoms with Crippen molar-refractivity contribution in [3.63, 3.8) is 0 Å². The molecule has 0 radical (unpaired) electrons. The van der Waals surface area contributed by atoms with Crippen molar-refractivity contribution in [1.82, 2.24) is 19.7 Å². The maximum Gasteiger partial charge on any atom is 0.222 e. The monoisotopic (exact) mass is 371 g/mol. The highest BCUT2D eigenvalue weighted by atomic mass is 16.5. The van der Waals surface area contributed by atoms with Gasteiger partial charge in [-0.2, -0.15) is 10.1 Å². The van der Waals surface area contributed by atoms with Crippen LogP contribution in [0.2, 0.25) is 0 Å². The van der Waals surface area contributed by atoms with Crippen molar-refractivity contribution < 1.29 is 4.74 Å². The number of nitrogens with zero attached hydrogens (tertiary/aromatic N) is 4. The van der Waals surface area contributed by atoms with E-state index in [0.29, 0.717) is 6.61 Å². The van der Waals surface area contributed by atoms with Gasteiger partial charge in [0.25, 0.3) is 0 Å². The summed E-state index contributed by atoms with van der Waals surface area (Å²) in [5.41, 5.74) is 11.3. The zero-order chi connectivity index (χ0) is 18.9. The Morgan fingerprint density at radius 2 is 1.79 bits per heavy atom. The third kappa shape index (κ3) is 2.97. The number of nitrogen functional groups attached to an aromatic ring is 1. The Balaban J connectivity index is 1.55. The summed E-state index contributed by atoms with van der Waals surface area (Å²) in [6.07, 6.45) is 7.86. The lowest BCUT2D eigenvalue weighted by Crippen LogP contribution is -2.12. The Kier molecular flexibility index (Phi) is 4.16. The first-order valence-electron chi connectivity index (χ1n) is 9.58. The molecule has 140 valence electrons. The van der Waals surface area contributed by atoms with E-state index in [-0.39, 0.29) is 5.95 Å². The number of ether oxygens (including phenoxy) is 1. The van der Waals surface area contributed by atoms with Crippen LogP contribution in [0.3, 0.4) is 0 Å². The summed E-state index contributed by atoms with van der Waals surface area (Å²) < 4.78 is 8.07. The van der Waals surface area contributed by atoms with Gasteiger partial charge in [0, 0.05) is 6.20 Å². The minimum absolute atomic E-state index is 0.255. The van der Waals surface area contributed by atoms with E-state index < -0.39 is 0 Å². The van der Waals surface area contributed by atoms with Crippen LogP contribution in [0.25, 0.3) is 16.7 Å². The van der Waals surface area contributed by atoms with Crippen molar-refractivity contribution in [2.75, 3.05) is 5.73 Å². The van der Waals surface area contributed by atoms with E-state index in [0.717, 1.165) is 35.3 Å². The van der Waals surface area contributed by atoms with Gasteiger partial charge in [-0.15, -0.1) is 0 Å². The minimum Gasteiger partial charge on any atom is -0.489 e. The lowest BCUT2D eigenvalue weighted by atomic mass is 9.89. The van der Waals surface area contributed by atoms with Gasteiger partial charge < -0.3 is 10.5 Å². The van der Waals surface area contributed by atoms with Gasteiger partial charge in [-0.3, -0.25) is 0 Å². The predicted octanol–water partition coefficient (Wildman–Crippen LogP) is 3.86. The molecule has 6 heteroatoms. The smallest absolute Gasteiger partial charge is 0.222 e. The van der Waals surface area contributed by atoms with Gasteiger partial charge in [0.1, 0.15) is 12.4 Å². The maximum atomic E-state index is 6.19. The molecule has 6 nitrogen and oxygen atoms in total. The first-order chi connectivity index (χ1) is 13.8. The summed E-state index contributed by atoms with van der Waals surface area (Å²) in [5, 5.41) is 5.43. The van der Waals surface area contributed by atoms with Gasteiger partial charge >= 0.3 is 0 Å². The van der Waals surface area contributed by atoms with Crippen molar-refractivity contribution in [3.05, 3.63) is 71.5 Å². The molecule has 4 aromatic rings. The van der Waals surface area contributed by atoms with Crippen LogP contribution >= 0.6 is 0 Å². The van der Waals surface area contributed by atoms with Crippen molar-refractivity contribution in [3.8, 4) is 11.4 Å². The number of fused-ring (bicyclic) bond motifs is 2. The molecule has 0 bridgehead atoms. The predicted molar refractivity (Wildman–Crippen MR) is 108 cm³/mol. The van der Waals surface area contributed by atoms with Crippen LogP contribution in [0, 0.1) is 0 Å². The molecule has 28 heavy (non-hydrogen) atoms. The second-order valence-electron chi connectivity index (χ2n) is 7.08. The molecule has 0 aliphatic heterocycles. The lowest BCUT2D eigenvalue weighted by molar-refractivity contribution is 0.301. The van der Waals surface area contributed by atoms with Gasteiger partial charge in [0.2, 0.25) is 5.95 Å². The summed E-state index contributed by atoms with van der Waals surface area (Å²) in [6, 6.07) is 14.4. The maximum absolute atomic E-state index is 6.19. The Morgan fingerprint density at radius 1 is 0.964 bits per heavy atom. The van der Waals surface area contributed by atoms with Crippen LogP contribution in [-0.2, 0) is 19.4 Å². The molecule has 2 heterocycles. The van der Waals surface area contributed by atoms with E-state index in [9.17, 15) is 0 Å². The number of benzene rings is 2. The summed E-state index contributed by atoms with van der Waals surface area (Å²) >= 11 is 0. The van der Waals surface area contributed by atoms with Crippen LogP contribution in [0.1, 0.15) is 29.5 Å². The van der Waals surface area contributed by atoms with Gasteiger partial charge in [-0.25, -0.2) is 9.67 Å². The fourth-order valence-electron chi connectivity index (χ4n) is 3.89. The molecule has 2 N–H and O–H groups in total. The second-order valence-corrected chi connectivity index (χ2v) is 7.08. The highest BCUT2D eigenvalue weighted by molar-refractivity contribution is 5.77. The molecule has 2 aromatic heterocycles. The van der Waals surface area contributed by atoms with Crippen LogP contribution in [0.5, 0.6) is 5.75 Å². The van der Waals surface area contributed by atoms with Crippen molar-refractivity contribution in [1.29, 1.82) is 0 Å². The Labute approximate surface area is 163 Å². The molecular formula is C22H21N5O. The Hall–Kier alpha value is -3.41. The molecule has 1 aliphatic carbocycles. The number of hydrogen-bond acceptors (Lipinski definition) is 5. The highest BCUT2D eigenvalue weighted by Crippen LogP contribution is 2.35. The van der Waals surface area contributed by atoms with Crippen LogP contribution in [0.15, 0.2) is 54.9 Å². The molecule has 0 amide bonds. The average Bonchev–Trinajstić information content (AvgIpc) is 3.15. The zero-order valence-electron chi connectivity index (χ0n) is 15.5. The van der Waals surface area contributed by atoms with E-state index in [1.165, 1.54) is 29.5 Å². The molecule has 0 saturated carbocycles. The summed E-state index contributed by atoms with van der Waals surface area (Å²) in [4.78, 5) is 8.46. The highest BCUT2D eigenvalue weighted by Gasteiger charge is 2.21. The lowest BCUT2D eigenvalue weighted by Gasteiger charge is -2.23. The molecule has 0 saturated heterocycles. The summed E-state index contributed by atoms with van der Waals surface area (Å²) in [5.74, 6) is 1.22. The molecule has 5 rings (SSSR count). The SMILES string of the molecule is Nc1ncc2cnn(-c3ccc(OCc4ccccc4)c4c3CCCC4)c2n1. The van der Waals surface area contributed by atoms with Crippen molar-refractivity contribution in [2.45, 2.75) is 32.3 Å². The topological polar surface area (TPSA) is 78.8 Å². The van der Waals surface area contributed by atoms with Crippen LogP contribution in [-0.4, -0.2) is 19.7 Å². The largest absolute Gasteiger partial charge is 0.489 e. The van der Waals surface area contributed by atoms with Crippen LogP contribution < -0.4 is 10.5 Å². The fourth-order valence-corrected chi connectivity index (χ4v) is 3.89. The zero-order valence-corrected chi connectivity index (χ0v) is 15.5. The van der Waals surface area contributed by atoms with E-state index in [2.05, 4.69) is 39.3 Å². The van der Waals surface area contributed by atoms with Gasteiger partial charge in [0.15, 0.2) is 5.65 Å². The molecule has 0 unspecified atom stereocenters. The average molecular weight is 371 g/mol. The van der Waals surface area contributed by atoms with Gasteiger partial charge in [-0.1, -0.05) is 30.3 Å². The third-order valence-electron chi connectivity index (χ3n) is 5.26. The molecule has 1 aliphatic rings. The summed E-state index contributed by atoms with van der Waals surface area (Å²) in [7, 11) is 0. The Bertz CT molecular complexity index is 1140. The molecule has 0 fully saturated rings. The molecule has 0 spiro atoms. The number of hydrogen-bond donors (Lipinski definition) is 1. The fraction of sp³-hybridized carbons (Fsp3) is 0.227.